The minimum absolute atomic E-state index is 0.682. The molecule has 1 aromatic carbocycles. The first-order valence-corrected chi connectivity index (χ1v) is 6.42. The van der Waals surface area contributed by atoms with Crippen molar-refractivity contribution in [1.82, 2.24) is 10.1 Å². The van der Waals surface area contributed by atoms with E-state index in [1.165, 1.54) is 0 Å². The van der Waals surface area contributed by atoms with Gasteiger partial charge in [0.1, 0.15) is 17.3 Å². The molecule has 0 aliphatic carbocycles. The fourth-order valence-electron chi connectivity index (χ4n) is 2.14. The monoisotopic (exact) mass is 285 g/mol. The van der Waals surface area contributed by atoms with Crippen LogP contribution < -0.4 is 14.8 Å². The lowest BCUT2D eigenvalue weighted by molar-refractivity contribution is 0.395. The number of rotatable bonds is 4. The molecule has 6 heteroatoms. The zero-order chi connectivity index (χ0) is 14.8. The van der Waals surface area contributed by atoms with E-state index < -0.39 is 0 Å². The molecule has 6 nitrogen and oxygen atoms in total. The molecule has 21 heavy (non-hydrogen) atoms. The lowest BCUT2D eigenvalue weighted by Gasteiger charge is -2.10. The van der Waals surface area contributed by atoms with Gasteiger partial charge in [-0.1, -0.05) is 5.16 Å². The van der Waals surface area contributed by atoms with Gasteiger partial charge in [0.25, 0.3) is 0 Å². The van der Waals surface area contributed by atoms with E-state index in [-0.39, 0.29) is 0 Å². The van der Waals surface area contributed by atoms with Crippen molar-refractivity contribution in [3.8, 4) is 11.5 Å². The van der Waals surface area contributed by atoms with Gasteiger partial charge in [-0.05, 0) is 6.92 Å². The van der Waals surface area contributed by atoms with Crippen molar-refractivity contribution in [3.05, 3.63) is 36.2 Å². The highest BCUT2D eigenvalue weighted by Crippen LogP contribution is 2.31. The molecule has 0 aliphatic rings. The van der Waals surface area contributed by atoms with Crippen LogP contribution in [-0.4, -0.2) is 24.4 Å². The zero-order valence-electron chi connectivity index (χ0n) is 12.0. The van der Waals surface area contributed by atoms with Crippen LogP contribution in [0.25, 0.3) is 11.0 Å². The molecule has 2 heterocycles. The van der Waals surface area contributed by atoms with E-state index in [4.69, 9.17) is 14.0 Å². The van der Waals surface area contributed by atoms with Crippen molar-refractivity contribution in [2.24, 2.45) is 0 Å². The van der Waals surface area contributed by atoms with Crippen molar-refractivity contribution in [3.63, 3.8) is 0 Å². The highest BCUT2D eigenvalue weighted by molar-refractivity contribution is 5.91. The van der Waals surface area contributed by atoms with Gasteiger partial charge in [0.05, 0.1) is 25.3 Å². The number of fused-ring (bicyclic) bond motifs is 1. The van der Waals surface area contributed by atoms with Crippen LogP contribution in [0.3, 0.4) is 0 Å². The smallest absolute Gasteiger partial charge is 0.172 e. The van der Waals surface area contributed by atoms with E-state index in [9.17, 15) is 0 Å². The Morgan fingerprint density at radius 1 is 1.10 bits per heavy atom. The molecule has 0 bridgehead atoms. The Bertz CT molecular complexity index is 761. The molecule has 0 saturated heterocycles. The average Bonchev–Trinajstić information content (AvgIpc) is 2.89. The Labute approximate surface area is 121 Å². The second-order valence-corrected chi connectivity index (χ2v) is 4.53. The number of methoxy groups -OCH3 is 2. The van der Waals surface area contributed by atoms with Crippen LogP contribution in [-0.2, 0) is 0 Å². The third-order valence-electron chi connectivity index (χ3n) is 3.17. The molecule has 3 aromatic rings. The maximum Gasteiger partial charge on any atom is 0.172 e. The summed E-state index contributed by atoms with van der Waals surface area (Å²) in [6, 6.07) is 7.33. The van der Waals surface area contributed by atoms with E-state index in [0.717, 1.165) is 16.8 Å². The van der Waals surface area contributed by atoms with Gasteiger partial charge in [0.2, 0.25) is 0 Å². The largest absolute Gasteiger partial charge is 0.497 e. The Kier molecular flexibility index (Phi) is 3.35. The number of aromatic nitrogens is 2. The molecule has 0 amide bonds. The summed E-state index contributed by atoms with van der Waals surface area (Å²) >= 11 is 0. The molecule has 2 aromatic heterocycles. The topological polar surface area (TPSA) is 69.4 Å². The average molecular weight is 285 g/mol. The van der Waals surface area contributed by atoms with Crippen LogP contribution in [0.1, 0.15) is 5.69 Å². The Morgan fingerprint density at radius 2 is 1.81 bits per heavy atom. The highest BCUT2D eigenvalue weighted by atomic mass is 16.5. The third kappa shape index (κ3) is 2.47. The van der Waals surface area contributed by atoms with Crippen molar-refractivity contribution in [2.75, 3.05) is 19.5 Å². The first kappa shape index (κ1) is 13.2. The van der Waals surface area contributed by atoms with Crippen LogP contribution in [0.4, 0.5) is 11.5 Å². The van der Waals surface area contributed by atoms with Crippen molar-refractivity contribution in [2.45, 2.75) is 6.92 Å². The Morgan fingerprint density at radius 3 is 2.48 bits per heavy atom. The summed E-state index contributed by atoms with van der Waals surface area (Å²) in [6.45, 7) is 1.88. The minimum atomic E-state index is 0.682. The van der Waals surface area contributed by atoms with Crippen LogP contribution in [0.5, 0.6) is 11.5 Å². The summed E-state index contributed by atoms with van der Waals surface area (Å²) in [5, 5.41) is 8.07. The quantitative estimate of drug-likeness (QED) is 0.793. The molecule has 0 spiro atoms. The molecule has 0 radical (unpaired) electrons. The fraction of sp³-hybridized carbons (Fsp3) is 0.200. The number of nitrogens with one attached hydrogen (secondary N) is 1. The van der Waals surface area contributed by atoms with Gasteiger partial charge >= 0.3 is 0 Å². The molecule has 0 unspecified atom stereocenters. The second-order valence-electron chi connectivity index (χ2n) is 4.53. The molecule has 0 aliphatic heterocycles. The van der Waals surface area contributed by atoms with E-state index >= 15 is 0 Å². The van der Waals surface area contributed by atoms with E-state index in [2.05, 4.69) is 15.5 Å². The van der Waals surface area contributed by atoms with Gasteiger partial charge in [-0.15, -0.1) is 0 Å². The van der Waals surface area contributed by atoms with E-state index in [1.54, 1.807) is 26.5 Å². The maximum atomic E-state index is 5.26. The number of hydrogen-bond acceptors (Lipinski definition) is 6. The zero-order valence-corrected chi connectivity index (χ0v) is 12.0. The SMILES string of the molecule is COc1cc(Nc2nccc3onc(C)c23)cc(OC)c1. The van der Waals surface area contributed by atoms with Gasteiger partial charge in [-0.2, -0.15) is 0 Å². The predicted molar refractivity (Wildman–Crippen MR) is 79.4 cm³/mol. The number of nitrogens with zero attached hydrogens (tertiary/aromatic N) is 2. The summed E-state index contributed by atoms with van der Waals surface area (Å²) in [4.78, 5) is 4.35. The van der Waals surface area contributed by atoms with Crippen LogP contribution in [0.15, 0.2) is 35.0 Å². The molecule has 1 N–H and O–H groups in total. The summed E-state index contributed by atoms with van der Waals surface area (Å²) in [6.07, 6.45) is 1.67. The van der Waals surface area contributed by atoms with Gasteiger partial charge in [0, 0.05) is 36.1 Å². The molecule has 108 valence electrons. The third-order valence-corrected chi connectivity index (χ3v) is 3.17. The minimum Gasteiger partial charge on any atom is -0.497 e. The molecule has 0 atom stereocenters. The summed E-state index contributed by atoms with van der Waals surface area (Å²) < 4.78 is 15.8. The Hall–Kier alpha value is -2.76. The highest BCUT2D eigenvalue weighted by Gasteiger charge is 2.11. The molecule has 3 rings (SSSR count). The van der Waals surface area contributed by atoms with Crippen LogP contribution >= 0.6 is 0 Å². The molecule has 0 saturated carbocycles. The fourth-order valence-corrected chi connectivity index (χ4v) is 2.14. The molecular weight excluding hydrogens is 270 g/mol. The number of anilines is 2. The number of hydrogen-bond donors (Lipinski definition) is 1. The number of ether oxygens (including phenoxy) is 2. The van der Waals surface area contributed by atoms with Crippen molar-refractivity contribution in [1.29, 1.82) is 0 Å². The van der Waals surface area contributed by atoms with Crippen molar-refractivity contribution < 1.29 is 14.0 Å². The van der Waals surface area contributed by atoms with Gasteiger partial charge < -0.3 is 19.3 Å². The first-order chi connectivity index (χ1) is 10.2. The van der Waals surface area contributed by atoms with E-state index in [0.29, 0.717) is 22.9 Å². The normalized spacial score (nSPS) is 10.6. The lowest BCUT2D eigenvalue weighted by Crippen LogP contribution is -1.96. The molecule has 0 fully saturated rings. The standard InChI is InChI=1S/C15H15N3O3/c1-9-14-13(21-18-9)4-5-16-15(14)17-10-6-11(19-2)8-12(7-10)20-3/h4-8H,1-3H3,(H,16,17). The lowest BCUT2D eigenvalue weighted by atomic mass is 10.2. The maximum absolute atomic E-state index is 5.26. The van der Waals surface area contributed by atoms with E-state index in [1.807, 2.05) is 25.1 Å². The Balaban J connectivity index is 2.04. The summed E-state index contributed by atoms with van der Waals surface area (Å²) in [7, 11) is 3.23. The summed E-state index contributed by atoms with van der Waals surface area (Å²) in [5.41, 5.74) is 2.29. The number of pyridine rings is 1. The summed E-state index contributed by atoms with van der Waals surface area (Å²) in [5.74, 6) is 2.08. The van der Waals surface area contributed by atoms with Gasteiger partial charge in [0.15, 0.2) is 5.58 Å². The predicted octanol–water partition coefficient (Wildman–Crippen LogP) is 3.29. The molecular formula is C15H15N3O3. The first-order valence-electron chi connectivity index (χ1n) is 6.42. The second kappa shape index (κ2) is 5.32. The van der Waals surface area contributed by atoms with Crippen LogP contribution in [0, 0.1) is 6.92 Å². The number of benzene rings is 1. The van der Waals surface area contributed by atoms with Gasteiger partial charge in [-0.25, -0.2) is 4.98 Å². The van der Waals surface area contributed by atoms with Crippen molar-refractivity contribution >= 4 is 22.5 Å². The van der Waals surface area contributed by atoms with Crippen LogP contribution in [0.2, 0.25) is 0 Å². The number of aryl methyl sites for hydroxylation is 1. The van der Waals surface area contributed by atoms with Gasteiger partial charge in [-0.3, -0.25) is 0 Å².